The number of thioether (sulfide) groups is 1. The molecule has 2 aromatic rings. The first kappa shape index (κ1) is 18.1. The van der Waals surface area contributed by atoms with Crippen LogP contribution in [0.4, 0.5) is 0 Å². The standard InChI is InChI=1S/C17H21N3O3S/c1-12-8-10-18-20(12)14-6-4-13(5-7-14)16(21)19-15(9-11-24-3)17(22)23-2/h4-8,10,15H,9,11H2,1-3H3,(H,19,21)/t15-/m0/s1. The second kappa shape index (κ2) is 8.54. The van der Waals surface area contributed by atoms with Gasteiger partial charge in [-0.1, -0.05) is 0 Å². The molecule has 24 heavy (non-hydrogen) atoms. The first-order valence-electron chi connectivity index (χ1n) is 7.55. The van der Waals surface area contributed by atoms with Gasteiger partial charge in [-0.3, -0.25) is 4.79 Å². The summed E-state index contributed by atoms with van der Waals surface area (Å²) in [5, 5.41) is 6.96. The zero-order valence-electron chi connectivity index (χ0n) is 14.0. The van der Waals surface area contributed by atoms with Gasteiger partial charge in [0.1, 0.15) is 6.04 Å². The van der Waals surface area contributed by atoms with Crippen LogP contribution >= 0.6 is 11.8 Å². The number of hydrogen-bond acceptors (Lipinski definition) is 5. The van der Waals surface area contributed by atoms with Crippen LogP contribution in [-0.2, 0) is 9.53 Å². The maximum Gasteiger partial charge on any atom is 0.328 e. The second-order valence-corrected chi connectivity index (χ2v) is 6.25. The van der Waals surface area contributed by atoms with Gasteiger partial charge in [0.25, 0.3) is 5.91 Å². The predicted molar refractivity (Wildman–Crippen MR) is 94.6 cm³/mol. The van der Waals surface area contributed by atoms with E-state index in [0.717, 1.165) is 17.1 Å². The second-order valence-electron chi connectivity index (χ2n) is 5.26. The van der Waals surface area contributed by atoms with Crippen molar-refractivity contribution in [2.75, 3.05) is 19.1 Å². The molecule has 1 atom stereocenters. The van der Waals surface area contributed by atoms with Crippen molar-refractivity contribution >= 4 is 23.6 Å². The number of hydrogen-bond donors (Lipinski definition) is 1. The molecule has 0 bridgehead atoms. The number of rotatable bonds is 7. The molecule has 7 heteroatoms. The van der Waals surface area contributed by atoms with Gasteiger partial charge in [0.2, 0.25) is 0 Å². The summed E-state index contributed by atoms with van der Waals surface area (Å²) in [5.41, 5.74) is 2.37. The van der Waals surface area contributed by atoms with E-state index in [1.807, 2.05) is 31.4 Å². The molecule has 0 unspecified atom stereocenters. The fourth-order valence-corrected chi connectivity index (χ4v) is 2.73. The number of nitrogens with zero attached hydrogens (tertiary/aromatic N) is 2. The Balaban J connectivity index is 2.08. The smallest absolute Gasteiger partial charge is 0.328 e. The average Bonchev–Trinajstić information content (AvgIpc) is 3.03. The van der Waals surface area contributed by atoms with Gasteiger partial charge in [0.15, 0.2) is 0 Å². The van der Waals surface area contributed by atoms with E-state index in [1.165, 1.54) is 7.11 Å². The number of aromatic nitrogens is 2. The molecule has 0 saturated heterocycles. The molecule has 0 spiro atoms. The molecule has 2 rings (SSSR count). The van der Waals surface area contributed by atoms with Gasteiger partial charge in [-0.25, -0.2) is 9.48 Å². The van der Waals surface area contributed by atoms with Crippen LogP contribution in [0.1, 0.15) is 22.5 Å². The number of nitrogens with one attached hydrogen (secondary N) is 1. The number of carbonyl (C=O) groups is 2. The van der Waals surface area contributed by atoms with Crippen molar-refractivity contribution in [2.45, 2.75) is 19.4 Å². The number of benzene rings is 1. The fourth-order valence-electron chi connectivity index (χ4n) is 2.26. The van der Waals surface area contributed by atoms with E-state index in [-0.39, 0.29) is 5.91 Å². The van der Waals surface area contributed by atoms with Gasteiger partial charge >= 0.3 is 5.97 Å². The van der Waals surface area contributed by atoms with E-state index in [9.17, 15) is 9.59 Å². The van der Waals surface area contributed by atoms with Crippen molar-refractivity contribution in [1.29, 1.82) is 0 Å². The largest absolute Gasteiger partial charge is 0.467 e. The summed E-state index contributed by atoms with van der Waals surface area (Å²) in [6.07, 6.45) is 4.21. The zero-order valence-corrected chi connectivity index (χ0v) is 14.8. The molecule has 1 N–H and O–H groups in total. The Morgan fingerprint density at radius 1 is 1.29 bits per heavy atom. The molecule has 128 valence electrons. The molecule has 0 aliphatic heterocycles. The van der Waals surface area contributed by atoms with E-state index in [2.05, 4.69) is 10.4 Å². The average molecular weight is 347 g/mol. The Kier molecular flexibility index (Phi) is 6.43. The van der Waals surface area contributed by atoms with E-state index in [1.54, 1.807) is 34.8 Å². The number of amides is 1. The zero-order chi connectivity index (χ0) is 17.5. The van der Waals surface area contributed by atoms with Gasteiger partial charge in [0.05, 0.1) is 12.8 Å². The number of ether oxygens (including phenoxy) is 1. The van der Waals surface area contributed by atoms with E-state index < -0.39 is 12.0 Å². The Labute approximate surface area is 145 Å². The minimum atomic E-state index is -0.636. The Bertz CT molecular complexity index is 697. The molecule has 6 nitrogen and oxygen atoms in total. The monoisotopic (exact) mass is 347 g/mol. The minimum absolute atomic E-state index is 0.296. The third-order valence-electron chi connectivity index (χ3n) is 3.61. The van der Waals surface area contributed by atoms with Crippen molar-refractivity contribution in [3.05, 3.63) is 47.8 Å². The van der Waals surface area contributed by atoms with Crippen molar-refractivity contribution in [3.63, 3.8) is 0 Å². The Hall–Kier alpha value is -2.28. The summed E-state index contributed by atoms with van der Waals surface area (Å²) >= 11 is 1.61. The van der Waals surface area contributed by atoms with Crippen molar-refractivity contribution in [3.8, 4) is 5.69 Å². The number of aryl methyl sites for hydroxylation is 1. The van der Waals surface area contributed by atoms with Gasteiger partial charge in [-0.2, -0.15) is 16.9 Å². The van der Waals surface area contributed by atoms with Crippen LogP contribution in [0, 0.1) is 6.92 Å². The summed E-state index contributed by atoms with van der Waals surface area (Å²) in [7, 11) is 1.32. The molecular weight excluding hydrogens is 326 g/mol. The van der Waals surface area contributed by atoms with Crippen molar-refractivity contribution in [1.82, 2.24) is 15.1 Å². The first-order valence-corrected chi connectivity index (χ1v) is 8.95. The number of esters is 1. The summed E-state index contributed by atoms with van der Waals surface area (Å²) in [6.45, 7) is 1.96. The number of carbonyl (C=O) groups excluding carboxylic acids is 2. The van der Waals surface area contributed by atoms with Crippen molar-refractivity contribution in [2.24, 2.45) is 0 Å². The van der Waals surface area contributed by atoms with Gasteiger partial charge < -0.3 is 10.1 Å². The predicted octanol–water partition coefficient (Wildman–Crippen LogP) is 2.21. The molecule has 1 aromatic carbocycles. The van der Waals surface area contributed by atoms with E-state index in [0.29, 0.717) is 12.0 Å². The van der Waals surface area contributed by atoms with Gasteiger partial charge in [-0.15, -0.1) is 0 Å². The summed E-state index contributed by atoms with van der Waals surface area (Å²) in [5.74, 6) is 0.0359. The van der Waals surface area contributed by atoms with Gasteiger partial charge in [0, 0.05) is 17.5 Å². The van der Waals surface area contributed by atoms with Crippen LogP contribution in [0.2, 0.25) is 0 Å². The van der Waals surface area contributed by atoms with E-state index >= 15 is 0 Å². The molecular formula is C17H21N3O3S. The molecule has 1 amide bonds. The minimum Gasteiger partial charge on any atom is -0.467 e. The molecule has 0 aliphatic carbocycles. The van der Waals surface area contributed by atoms with Gasteiger partial charge in [-0.05, 0) is 55.7 Å². The first-order chi connectivity index (χ1) is 11.6. The number of methoxy groups -OCH3 is 1. The van der Waals surface area contributed by atoms with Crippen LogP contribution in [-0.4, -0.2) is 46.8 Å². The molecule has 0 saturated carbocycles. The Morgan fingerprint density at radius 2 is 2.00 bits per heavy atom. The highest BCUT2D eigenvalue weighted by molar-refractivity contribution is 7.98. The van der Waals surface area contributed by atoms with E-state index in [4.69, 9.17) is 4.74 Å². The maximum atomic E-state index is 12.4. The van der Waals surface area contributed by atoms with Crippen LogP contribution in [0.5, 0.6) is 0 Å². The van der Waals surface area contributed by atoms with Crippen LogP contribution in [0.3, 0.4) is 0 Å². The molecule has 0 aliphatic rings. The summed E-state index contributed by atoms with van der Waals surface area (Å²) in [6, 6.07) is 8.35. The molecule has 1 heterocycles. The quantitative estimate of drug-likeness (QED) is 0.778. The highest BCUT2D eigenvalue weighted by atomic mass is 32.2. The van der Waals surface area contributed by atoms with Crippen LogP contribution < -0.4 is 5.32 Å². The highest BCUT2D eigenvalue weighted by Gasteiger charge is 2.21. The summed E-state index contributed by atoms with van der Waals surface area (Å²) < 4.78 is 6.54. The fraction of sp³-hybridized carbons (Fsp3) is 0.353. The third kappa shape index (κ3) is 4.38. The lowest BCUT2D eigenvalue weighted by molar-refractivity contribution is -0.142. The SMILES string of the molecule is COC(=O)[C@H](CCSC)NC(=O)c1ccc(-n2nccc2C)cc1. The van der Waals surface area contributed by atoms with Crippen LogP contribution in [0.15, 0.2) is 36.5 Å². The molecule has 1 aromatic heterocycles. The summed E-state index contributed by atoms with van der Waals surface area (Å²) in [4.78, 5) is 24.1. The van der Waals surface area contributed by atoms with Crippen molar-refractivity contribution < 1.29 is 14.3 Å². The third-order valence-corrected chi connectivity index (χ3v) is 4.25. The lowest BCUT2D eigenvalue weighted by Gasteiger charge is -2.16. The highest BCUT2D eigenvalue weighted by Crippen LogP contribution is 2.12. The normalized spacial score (nSPS) is 11.8. The lowest BCUT2D eigenvalue weighted by Crippen LogP contribution is -2.41. The topological polar surface area (TPSA) is 73.2 Å². The lowest BCUT2D eigenvalue weighted by atomic mass is 10.1. The van der Waals surface area contributed by atoms with Crippen LogP contribution in [0.25, 0.3) is 5.69 Å². The molecule has 0 radical (unpaired) electrons. The Morgan fingerprint density at radius 3 is 2.54 bits per heavy atom. The molecule has 0 fully saturated rings. The maximum absolute atomic E-state index is 12.4.